The molecule has 0 bridgehead atoms. The van der Waals surface area contributed by atoms with E-state index < -0.39 is 43.5 Å². The Balaban J connectivity index is 2.66. The lowest BCUT2D eigenvalue weighted by molar-refractivity contribution is -0.292. The normalized spacial score (nSPS) is 41.7. The summed E-state index contributed by atoms with van der Waals surface area (Å²) >= 11 is 0. The first-order chi connectivity index (χ1) is 7.51. The number of halogens is 1. The van der Waals surface area contributed by atoms with Gasteiger partial charge in [0.2, 0.25) is 0 Å². The van der Waals surface area contributed by atoms with Crippen LogP contribution in [0.4, 0.5) is 4.39 Å². The molecule has 1 rings (SSSR count). The highest BCUT2D eigenvalue weighted by molar-refractivity contribution is 4.90. The van der Waals surface area contributed by atoms with Crippen LogP contribution in [0.25, 0.3) is 0 Å². The molecule has 1 fully saturated rings. The summed E-state index contributed by atoms with van der Waals surface area (Å²) in [6.45, 7) is 4.57. The van der Waals surface area contributed by atoms with Gasteiger partial charge in [-0.2, -0.15) is 0 Å². The molecule has 0 amide bonds. The van der Waals surface area contributed by atoms with E-state index in [1.807, 2.05) is 0 Å². The van der Waals surface area contributed by atoms with Gasteiger partial charge < -0.3 is 24.8 Å². The molecule has 0 aliphatic carbocycles. The third-order valence-corrected chi connectivity index (χ3v) is 2.49. The Morgan fingerprint density at radius 3 is 2.62 bits per heavy atom. The van der Waals surface area contributed by atoms with E-state index in [-0.39, 0.29) is 0 Å². The van der Waals surface area contributed by atoms with Gasteiger partial charge in [-0.05, 0) is 6.92 Å². The van der Waals surface area contributed by atoms with E-state index in [4.69, 9.17) is 14.6 Å². The number of hydrogen-bond acceptors (Lipinski definition) is 5. The average molecular weight is 236 g/mol. The second kappa shape index (κ2) is 5.70. The molecule has 0 saturated carbocycles. The Morgan fingerprint density at radius 1 is 1.50 bits per heavy atom. The smallest absolute Gasteiger partial charge is 0.192 e. The van der Waals surface area contributed by atoms with E-state index >= 15 is 0 Å². The summed E-state index contributed by atoms with van der Waals surface area (Å²) in [5.74, 6) is 0. The van der Waals surface area contributed by atoms with Gasteiger partial charge in [-0.3, -0.25) is 0 Å². The molecular weight excluding hydrogens is 219 g/mol. The molecular formula is C10H17FO5. The van der Waals surface area contributed by atoms with Gasteiger partial charge in [-0.1, -0.05) is 6.08 Å². The van der Waals surface area contributed by atoms with Gasteiger partial charge in [0, 0.05) is 0 Å². The number of ether oxygens (including phenoxy) is 2. The van der Waals surface area contributed by atoms with Crippen LogP contribution < -0.4 is 0 Å². The van der Waals surface area contributed by atoms with Crippen molar-refractivity contribution in [2.24, 2.45) is 0 Å². The third kappa shape index (κ3) is 2.78. The van der Waals surface area contributed by atoms with Gasteiger partial charge >= 0.3 is 0 Å². The maximum Gasteiger partial charge on any atom is 0.192 e. The molecule has 94 valence electrons. The van der Waals surface area contributed by atoms with E-state index in [2.05, 4.69) is 6.58 Å². The SMILES string of the molecule is C=CC(C)O[C@@H]1O[C@H](CO)[C@H](O)[C@H](O)[C@H]1F. The summed E-state index contributed by atoms with van der Waals surface area (Å²) in [7, 11) is 0. The van der Waals surface area contributed by atoms with Crippen LogP contribution in [-0.4, -0.2) is 58.8 Å². The van der Waals surface area contributed by atoms with Gasteiger partial charge in [-0.25, -0.2) is 4.39 Å². The molecule has 0 aromatic heterocycles. The topological polar surface area (TPSA) is 79.2 Å². The third-order valence-electron chi connectivity index (χ3n) is 2.49. The van der Waals surface area contributed by atoms with Crippen molar-refractivity contribution < 1.29 is 29.2 Å². The molecule has 0 aromatic rings. The van der Waals surface area contributed by atoms with Crippen LogP contribution in [0.15, 0.2) is 12.7 Å². The molecule has 1 unspecified atom stereocenters. The zero-order chi connectivity index (χ0) is 12.3. The fraction of sp³-hybridized carbons (Fsp3) is 0.800. The zero-order valence-electron chi connectivity index (χ0n) is 8.99. The van der Waals surface area contributed by atoms with Crippen LogP contribution in [0.1, 0.15) is 6.92 Å². The Kier molecular flexibility index (Phi) is 4.82. The van der Waals surface area contributed by atoms with Gasteiger partial charge in [-0.15, -0.1) is 6.58 Å². The molecule has 5 nitrogen and oxygen atoms in total. The van der Waals surface area contributed by atoms with Crippen molar-refractivity contribution in [1.29, 1.82) is 0 Å². The minimum atomic E-state index is -1.86. The van der Waals surface area contributed by atoms with E-state index in [0.29, 0.717) is 0 Å². The first-order valence-electron chi connectivity index (χ1n) is 5.05. The van der Waals surface area contributed by atoms with Crippen LogP contribution in [0.2, 0.25) is 0 Å². The molecule has 0 spiro atoms. The first kappa shape index (κ1) is 13.5. The lowest BCUT2D eigenvalue weighted by atomic mass is 10.0. The predicted octanol–water partition coefficient (Wildman–Crippen LogP) is -0.645. The molecule has 6 atom stereocenters. The summed E-state index contributed by atoms with van der Waals surface area (Å²) in [6.07, 6.45) is -6.33. The fourth-order valence-corrected chi connectivity index (χ4v) is 1.42. The van der Waals surface area contributed by atoms with E-state index in [1.165, 1.54) is 6.08 Å². The van der Waals surface area contributed by atoms with Crippen molar-refractivity contribution in [3.63, 3.8) is 0 Å². The van der Waals surface area contributed by atoms with E-state index in [0.717, 1.165) is 0 Å². The minimum absolute atomic E-state index is 0.454. The highest BCUT2D eigenvalue weighted by Gasteiger charge is 2.45. The largest absolute Gasteiger partial charge is 0.394 e. The van der Waals surface area contributed by atoms with Crippen LogP contribution in [0.5, 0.6) is 0 Å². The van der Waals surface area contributed by atoms with Crippen molar-refractivity contribution in [3.8, 4) is 0 Å². The second-order valence-corrected chi connectivity index (χ2v) is 3.73. The Labute approximate surface area is 93.1 Å². The number of alkyl halides is 1. The lowest BCUT2D eigenvalue weighted by Gasteiger charge is -2.39. The van der Waals surface area contributed by atoms with Gasteiger partial charge in [0.05, 0.1) is 12.7 Å². The molecule has 1 aliphatic heterocycles. The number of aliphatic hydroxyl groups excluding tert-OH is 3. The molecule has 3 N–H and O–H groups in total. The predicted molar refractivity (Wildman–Crippen MR) is 53.4 cm³/mol. The number of rotatable bonds is 4. The number of aliphatic hydroxyl groups is 3. The molecule has 1 saturated heterocycles. The quantitative estimate of drug-likeness (QED) is 0.566. The molecule has 1 heterocycles. The second-order valence-electron chi connectivity index (χ2n) is 3.73. The molecule has 0 aromatic carbocycles. The summed E-state index contributed by atoms with van der Waals surface area (Å²) in [5, 5.41) is 27.6. The Hall–Kier alpha value is -0.530. The highest BCUT2D eigenvalue weighted by Crippen LogP contribution is 2.25. The maximum atomic E-state index is 13.5. The summed E-state index contributed by atoms with van der Waals surface area (Å²) in [5.41, 5.74) is 0. The van der Waals surface area contributed by atoms with Crippen molar-refractivity contribution in [2.45, 2.75) is 43.8 Å². The standard InChI is InChI=1S/C10H17FO5/c1-3-5(2)15-10-7(11)9(14)8(13)6(4-12)16-10/h3,5-10,12-14H,1,4H2,2H3/t5?,6-,7-,8+,9-,10-/m1/s1. The highest BCUT2D eigenvalue weighted by atomic mass is 19.1. The molecule has 16 heavy (non-hydrogen) atoms. The Morgan fingerprint density at radius 2 is 2.12 bits per heavy atom. The molecule has 1 aliphatic rings. The fourth-order valence-electron chi connectivity index (χ4n) is 1.42. The van der Waals surface area contributed by atoms with Gasteiger partial charge in [0.15, 0.2) is 12.5 Å². The maximum absolute atomic E-state index is 13.5. The van der Waals surface area contributed by atoms with E-state index in [1.54, 1.807) is 6.92 Å². The van der Waals surface area contributed by atoms with Crippen molar-refractivity contribution in [3.05, 3.63) is 12.7 Å². The van der Waals surface area contributed by atoms with Gasteiger partial charge in [0.25, 0.3) is 0 Å². The van der Waals surface area contributed by atoms with Crippen LogP contribution in [0, 0.1) is 0 Å². The minimum Gasteiger partial charge on any atom is -0.394 e. The van der Waals surface area contributed by atoms with E-state index in [9.17, 15) is 14.6 Å². The number of hydrogen-bond donors (Lipinski definition) is 3. The summed E-state index contributed by atoms with van der Waals surface area (Å²) in [4.78, 5) is 0. The van der Waals surface area contributed by atoms with Crippen LogP contribution >= 0.6 is 0 Å². The monoisotopic (exact) mass is 236 g/mol. The van der Waals surface area contributed by atoms with Gasteiger partial charge in [0.1, 0.15) is 18.3 Å². The average Bonchev–Trinajstić information content (AvgIpc) is 2.29. The summed E-state index contributed by atoms with van der Waals surface area (Å²) in [6, 6.07) is 0. The van der Waals surface area contributed by atoms with Crippen LogP contribution in [0.3, 0.4) is 0 Å². The molecule has 0 radical (unpaired) electrons. The first-order valence-corrected chi connectivity index (χ1v) is 5.05. The van der Waals surface area contributed by atoms with Crippen molar-refractivity contribution in [2.75, 3.05) is 6.61 Å². The van der Waals surface area contributed by atoms with Crippen LogP contribution in [-0.2, 0) is 9.47 Å². The van der Waals surface area contributed by atoms with Crippen molar-refractivity contribution >= 4 is 0 Å². The zero-order valence-corrected chi connectivity index (χ0v) is 8.99. The van der Waals surface area contributed by atoms with Crippen molar-refractivity contribution in [1.82, 2.24) is 0 Å². The lowest BCUT2D eigenvalue weighted by Crippen LogP contribution is -2.58. The summed E-state index contributed by atoms with van der Waals surface area (Å²) < 4.78 is 23.6. The Bertz CT molecular complexity index is 235. The molecule has 6 heteroatoms.